The van der Waals surface area contributed by atoms with Crippen molar-refractivity contribution >= 4 is 24.0 Å². The lowest BCUT2D eigenvalue weighted by Crippen LogP contribution is -2.41. The Hall–Kier alpha value is -1.90. The Morgan fingerprint density at radius 2 is 2.08 bits per heavy atom. The number of carbonyl (C=O) groups excluding carboxylic acids is 1. The molecule has 2 N–H and O–H groups in total. The zero-order valence-electron chi connectivity index (χ0n) is 14.2. The van der Waals surface area contributed by atoms with Gasteiger partial charge in [-0.1, -0.05) is 0 Å². The molecule has 0 atom stereocenters. The highest BCUT2D eigenvalue weighted by molar-refractivity contribution is 5.95. The molecule has 140 valence electrons. The van der Waals surface area contributed by atoms with Crippen LogP contribution >= 0.6 is 12.4 Å². The third-order valence-corrected chi connectivity index (χ3v) is 4.05. The van der Waals surface area contributed by atoms with Gasteiger partial charge in [-0.25, -0.2) is 0 Å². The summed E-state index contributed by atoms with van der Waals surface area (Å²) in [5.74, 6) is -0.0651. The maximum atomic E-state index is 12.5. The molecule has 1 fully saturated rings. The first kappa shape index (κ1) is 21.1. The number of benzene rings is 1. The number of nitro groups is 1. The maximum absolute atomic E-state index is 12.5. The van der Waals surface area contributed by atoms with E-state index in [9.17, 15) is 14.9 Å². The number of rotatable bonds is 7. The van der Waals surface area contributed by atoms with E-state index in [2.05, 4.69) is 0 Å². The van der Waals surface area contributed by atoms with Crippen molar-refractivity contribution < 1.29 is 19.2 Å². The van der Waals surface area contributed by atoms with Crippen LogP contribution in [0.25, 0.3) is 0 Å². The van der Waals surface area contributed by atoms with Gasteiger partial charge in [0.2, 0.25) is 0 Å². The fourth-order valence-corrected chi connectivity index (χ4v) is 2.71. The Bertz CT molecular complexity index is 591. The van der Waals surface area contributed by atoms with E-state index in [1.165, 1.54) is 19.2 Å². The van der Waals surface area contributed by atoms with Gasteiger partial charge in [0, 0.05) is 31.3 Å². The second-order valence-electron chi connectivity index (χ2n) is 5.65. The molecule has 1 aliphatic heterocycles. The van der Waals surface area contributed by atoms with Gasteiger partial charge in [-0.3, -0.25) is 14.9 Å². The van der Waals surface area contributed by atoms with Crippen molar-refractivity contribution in [2.24, 2.45) is 5.73 Å². The summed E-state index contributed by atoms with van der Waals surface area (Å²) in [7, 11) is 1.36. The molecule has 1 amide bonds. The number of ether oxygens (including phenoxy) is 2. The van der Waals surface area contributed by atoms with E-state index >= 15 is 0 Å². The van der Waals surface area contributed by atoms with Gasteiger partial charge in [0.05, 0.1) is 18.1 Å². The van der Waals surface area contributed by atoms with Crippen LogP contribution in [0.5, 0.6) is 5.75 Å². The minimum atomic E-state index is -0.548. The fourth-order valence-electron chi connectivity index (χ4n) is 2.71. The Morgan fingerprint density at radius 1 is 1.40 bits per heavy atom. The lowest BCUT2D eigenvalue weighted by atomic mass is 10.1. The predicted molar refractivity (Wildman–Crippen MR) is 95.4 cm³/mol. The van der Waals surface area contributed by atoms with E-state index in [-0.39, 0.29) is 35.9 Å². The highest BCUT2D eigenvalue weighted by Crippen LogP contribution is 2.28. The largest absolute Gasteiger partial charge is 0.490 e. The number of hydrogen-bond donors (Lipinski definition) is 1. The van der Waals surface area contributed by atoms with Gasteiger partial charge in [-0.2, -0.15) is 0 Å². The van der Waals surface area contributed by atoms with E-state index in [0.29, 0.717) is 31.8 Å². The number of nitro benzene ring substituents is 1. The molecule has 25 heavy (non-hydrogen) atoms. The molecule has 0 aliphatic carbocycles. The second-order valence-corrected chi connectivity index (χ2v) is 5.65. The number of nitrogens with two attached hydrogens (primary N) is 1. The average molecular weight is 374 g/mol. The Morgan fingerprint density at radius 3 is 2.64 bits per heavy atom. The number of nitrogens with zero attached hydrogens (tertiary/aromatic N) is 2. The van der Waals surface area contributed by atoms with E-state index in [1.807, 2.05) is 0 Å². The van der Waals surface area contributed by atoms with Crippen LogP contribution < -0.4 is 10.5 Å². The lowest BCUT2D eigenvalue weighted by Gasteiger charge is -2.32. The highest BCUT2D eigenvalue weighted by Gasteiger charge is 2.26. The Kier molecular flexibility index (Phi) is 8.60. The van der Waals surface area contributed by atoms with Crippen molar-refractivity contribution in [2.45, 2.75) is 25.4 Å². The summed E-state index contributed by atoms with van der Waals surface area (Å²) in [4.78, 5) is 24.8. The quantitative estimate of drug-likeness (QED) is 0.445. The molecular formula is C16H24ClN3O5. The van der Waals surface area contributed by atoms with Gasteiger partial charge < -0.3 is 20.1 Å². The molecule has 1 aliphatic rings. The van der Waals surface area contributed by atoms with E-state index in [0.717, 1.165) is 19.3 Å². The smallest absolute Gasteiger partial charge is 0.311 e. The van der Waals surface area contributed by atoms with Gasteiger partial charge in [0.1, 0.15) is 0 Å². The van der Waals surface area contributed by atoms with Crippen LogP contribution in [0, 0.1) is 10.1 Å². The van der Waals surface area contributed by atoms with Gasteiger partial charge in [-0.15, -0.1) is 12.4 Å². The maximum Gasteiger partial charge on any atom is 0.311 e. The number of methoxy groups -OCH3 is 1. The molecule has 0 bridgehead atoms. The van der Waals surface area contributed by atoms with Crippen molar-refractivity contribution in [3.05, 3.63) is 33.9 Å². The van der Waals surface area contributed by atoms with Crippen LogP contribution in [0.3, 0.4) is 0 Å². The molecule has 1 aromatic carbocycles. The second kappa shape index (κ2) is 10.2. The number of amides is 1. The monoisotopic (exact) mass is 373 g/mol. The van der Waals surface area contributed by atoms with Crippen molar-refractivity contribution in [3.63, 3.8) is 0 Å². The zero-order valence-corrected chi connectivity index (χ0v) is 15.0. The number of halogens is 1. The number of piperidine rings is 1. The summed E-state index contributed by atoms with van der Waals surface area (Å²) in [5.41, 5.74) is 5.53. The van der Waals surface area contributed by atoms with Crippen LogP contribution in [-0.2, 0) is 4.74 Å². The third-order valence-electron chi connectivity index (χ3n) is 4.05. The molecule has 0 saturated carbocycles. The van der Waals surface area contributed by atoms with Crippen molar-refractivity contribution in [3.8, 4) is 5.75 Å². The van der Waals surface area contributed by atoms with Gasteiger partial charge >= 0.3 is 5.69 Å². The average Bonchev–Trinajstić information content (AvgIpc) is 2.61. The topological polar surface area (TPSA) is 108 Å². The molecule has 0 aromatic heterocycles. The molecule has 1 heterocycles. The van der Waals surface area contributed by atoms with Crippen LogP contribution in [0.4, 0.5) is 5.69 Å². The number of likely N-dealkylation sites (tertiary alicyclic amines) is 1. The molecule has 0 spiro atoms. The molecule has 0 radical (unpaired) electrons. The summed E-state index contributed by atoms with van der Waals surface area (Å²) in [6.45, 7) is 2.39. The first-order chi connectivity index (χ1) is 11.6. The summed E-state index contributed by atoms with van der Waals surface area (Å²) in [5, 5.41) is 11.1. The van der Waals surface area contributed by atoms with Gasteiger partial charge in [0.25, 0.3) is 5.91 Å². The molecule has 9 heteroatoms. The molecule has 1 aromatic rings. The summed E-state index contributed by atoms with van der Waals surface area (Å²) >= 11 is 0. The van der Waals surface area contributed by atoms with Crippen molar-refractivity contribution in [1.82, 2.24) is 4.90 Å². The van der Waals surface area contributed by atoms with Crippen LogP contribution in [0.15, 0.2) is 18.2 Å². The van der Waals surface area contributed by atoms with Crippen LogP contribution in [0.2, 0.25) is 0 Å². The van der Waals surface area contributed by atoms with Crippen molar-refractivity contribution in [1.29, 1.82) is 0 Å². The summed E-state index contributed by atoms with van der Waals surface area (Å²) in [6.07, 6.45) is 2.49. The number of carbonyl (C=O) groups is 1. The molecule has 1 saturated heterocycles. The lowest BCUT2D eigenvalue weighted by molar-refractivity contribution is -0.385. The zero-order chi connectivity index (χ0) is 17.5. The van der Waals surface area contributed by atoms with E-state index in [1.54, 1.807) is 11.0 Å². The van der Waals surface area contributed by atoms with E-state index in [4.69, 9.17) is 15.2 Å². The number of hydrogen-bond acceptors (Lipinski definition) is 6. The first-order valence-corrected chi connectivity index (χ1v) is 8.00. The van der Waals surface area contributed by atoms with E-state index < -0.39 is 4.92 Å². The normalized spacial score (nSPS) is 14.7. The standard InChI is InChI=1S/C16H23N3O5.ClH/c1-23-15-4-3-12(11-14(15)19(21)22)16(20)18-8-5-13(6-9-18)24-10-2-7-17;/h3-4,11,13H,2,5-10,17H2,1H3;1H. The SMILES string of the molecule is COc1ccc(C(=O)N2CCC(OCCCN)CC2)cc1[N+](=O)[O-].Cl. The Labute approximate surface area is 152 Å². The van der Waals surface area contributed by atoms with Gasteiger partial charge in [0.15, 0.2) is 5.75 Å². The summed E-state index contributed by atoms with van der Waals surface area (Å²) in [6, 6.07) is 4.27. The Balaban J connectivity index is 0.00000312. The molecule has 2 rings (SSSR count). The predicted octanol–water partition coefficient (Wildman–Crippen LogP) is 2.00. The van der Waals surface area contributed by atoms with Crippen molar-refractivity contribution in [2.75, 3.05) is 33.4 Å². The fraction of sp³-hybridized carbons (Fsp3) is 0.562. The molecule has 0 unspecified atom stereocenters. The third kappa shape index (κ3) is 5.55. The minimum Gasteiger partial charge on any atom is -0.490 e. The first-order valence-electron chi connectivity index (χ1n) is 8.00. The minimum absolute atomic E-state index is 0. The molecule has 8 nitrogen and oxygen atoms in total. The van der Waals surface area contributed by atoms with Crippen LogP contribution in [-0.4, -0.2) is 55.2 Å². The van der Waals surface area contributed by atoms with Gasteiger partial charge in [-0.05, 0) is 37.9 Å². The summed E-state index contributed by atoms with van der Waals surface area (Å²) < 4.78 is 10.7. The van der Waals surface area contributed by atoms with Crippen LogP contribution in [0.1, 0.15) is 29.6 Å². The highest BCUT2D eigenvalue weighted by atomic mass is 35.5. The molecular weight excluding hydrogens is 350 g/mol.